The second-order valence-corrected chi connectivity index (χ2v) is 4.96. The summed E-state index contributed by atoms with van der Waals surface area (Å²) in [5.41, 5.74) is 3.82. The van der Waals surface area contributed by atoms with Crippen LogP contribution in [0.2, 0.25) is 0 Å². The van der Waals surface area contributed by atoms with Crippen LogP contribution in [0.1, 0.15) is 23.4 Å². The lowest BCUT2D eigenvalue weighted by molar-refractivity contribution is 0.790. The Bertz CT molecular complexity index is 622. The third kappa shape index (κ3) is 1.58. The fraction of sp³-hybridized carbons (Fsp3) is 0.231. The van der Waals surface area contributed by atoms with Crippen molar-refractivity contribution in [2.45, 2.75) is 19.3 Å². The van der Waals surface area contributed by atoms with E-state index in [-0.39, 0.29) is 0 Å². The summed E-state index contributed by atoms with van der Waals surface area (Å²) in [5.74, 6) is 0. The molecule has 0 atom stereocenters. The van der Waals surface area contributed by atoms with Gasteiger partial charge in [0.1, 0.15) is 11.8 Å². The van der Waals surface area contributed by atoms with Gasteiger partial charge in [-0.25, -0.2) is 4.68 Å². The molecule has 0 bridgehead atoms. The van der Waals surface area contributed by atoms with Gasteiger partial charge in [-0.15, -0.1) is 0 Å². The van der Waals surface area contributed by atoms with Crippen LogP contribution in [-0.2, 0) is 12.8 Å². The summed E-state index contributed by atoms with van der Waals surface area (Å²) in [6.45, 7) is 0. The molecule has 0 unspecified atom stereocenters. The normalized spacial score (nSPS) is 13.4. The number of nitrogens with zero attached hydrogens (tertiary/aromatic N) is 3. The van der Waals surface area contributed by atoms with Crippen molar-refractivity contribution in [3.05, 3.63) is 45.7 Å². The van der Waals surface area contributed by atoms with Crippen LogP contribution in [0.3, 0.4) is 0 Å². The van der Waals surface area contributed by atoms with Crippen LogP contribution in [0.4, 0.5) is 0 Å². The zero-order chi connectivity index (χ0) is 11.8. The van der Waals surface area contributed by atoms with Gasteiger partial charge >= 0.3 is 0 Å². The van der Waals surface area contributed by atoms with Crippen molar-refractivity contribution in [3.63, 3.8) is 0 Å². The summed E-state index contributed by atoms with van der Waals surface area (Å²) in [5, 5.41) is 13.9. The van der Waals surface area contributed by atoms with Crippen molar-refractivity contribution in [3.8, 4) is 11.8 Å². The van der Waals surface area contributed by atoms with E-state index in [2.05, 4.69) is 27.1 Å². The summed E-state index contributed by atoms with van der Waals surface area (Å²) < 4.78 is 2.71. The maximum Gasteiger partial charge on any atom is 0.147 e. The number of benzene rings is 1. The van der Waals surface area contributed by atoms with Gasteiger partial charge in [0.25, 0.3) is 0 Å². The van der Waals surface area contributed by atoms with E-state index in [1.54, 1.807) is 4.68 Å². The van der Waals surface area contributed by atoms with Crippen LogP contribution in [0, 0.1) is 11.3 Å². The summed E-state index contributed by atoms with van der Waals surface area (Å²) in [4.78, 5) is 0. The molecule has 3 nitrogen and oxygen atoms in total. The van der Waals surface area contributed by atoms with E-state index in [4.69, 9.17) is 0 Å². The highest BCUT2D eigenvalue weighted by Gasteiger charge is 2.23. The molecule has 0 N–H and O–H groups in total. The van der Waals surface area contributed by atoms with Gasteiger partial charge in [-0.3, -0.25) is 0 Å². The summed E-state index contributed by atoms with van der Waals surface area (Å²) >= 11 is 3.50. The molecule has 17 heavy (non-hydrogen) atoms. The lowest BCUT2D eigenvalue weighted by atomic mass is 10.2. The largest absolute Gasteiger partial charge is 0.221 e. The quantitative estimate of drug-likeness (QED) is 0.809. The molecule has 0 radical (unpaired) electrons. The van der Waals surface area contributed by atoms with Gasteiger partial charge in [0, 0.05) is 10.0 Å². The first-order chi connectivity index (χ1) is 8.31. The molecule has 1 aliphatic rings. The van der Waals surface area contributed by atoms with E-state index in [1.165, 1.54) is 0 Å². The number of rotatable bonds is 1. The molecule has 2 aromatic rings. The molecular formula is C13H10BrN3. The minimum Gasteiger partial charge on any atom is -0.221 e. The number of hydrogen-bond acceptors (Lipinski definition) is 2. The standard InChI is InChI=1S/C13H10BrN3/c14-10-5-1-2-7-12(10)17-13(8-15)9-4-3-6-11(9)16-17/h1-2,5,7H,3-4,6H2. The SMILES string of the molecule is N#Cc1c2c(nn1-c1ccccc1Br)CCC2. The minimum atomic E-state index is 0.685. The Morgan fingerprint density at radius 1 is 1.29 bits per heavy atom. The molecule has 4 heteroatoms. The first kappa shape index (κ1) is 10.5. The van der Waals surface area contributed by atoms with Crippen LogP contribution in [0.25, 0.3) is 5.69 Å². The molecule has 0 saturated carbocycles. The highest BCUT2D eigenvalue weighted by molar-refractivity contribution is 9.10. The Labute approximate surface area is 108 Å². The molecule has 84 valence electrons. The Morgan fingerprint density at radius 2 is 2.12 bits per heavy atom. The molecule has 0 aliphatic heterocycles. The number of fused-ring (bicyclic) bond motifs is 1. The summed E-state index contributed by atoms with van der Waals surface area (Å²) in [6, 6.07) is 10.1. The zero-order valence-corrected chi connectivity index (χ0v) is 10.7. The Morgan fingerprint density at radius 3 is 2.88 bits per heavy atom. The van der Waals surface area contributed by atoms with Gasteiger partial charge in [0.2, 0.25) is 0 Å². The van der Waals surface area contributed by atoms with E-state index in [0.717, 1.165) is 40.7 Å². The van der Waals surface area contributed by atoms with E-state index in [9.17, 15) is 5.26 Å². The van der Waals surface area contributed by atoms with Crippen LogP contribution in [-0.4, -0.2) is 9.78 Å². The molecule has 0 fully saturated rings. The van der Waals surface area contributed by atoms with Crippen LogP contribution >= 0.6 is 15.9 Å². The molecule has 1 aliphatic carbocycles. The molecular weight excluding hydrogens is 278 g/mol. The monoisotopic (exact) mass is 287 g/mol. The van der Waals surface area contributed by atoms with Gasteiger partial charge in [-0.1, -0.05) is 12.1 Å². The fourth-order valence-corrected chi connectivity index (χ4v) is 2.76. The van der Waals surface area contributed by atoms with Crippen molar-refractivity contribution >= 4 is 15.9 Å². The molecule has 1 aromatic carbocycles. The molecule has 0 spiro atoms. The first-order valence-electron chi connectivity index (χ1n) is 5.57. The van der Waals surface area contributed by atoms with Crippen molar-refractivity contribution in [1.29, 1.82) is 5.26 Å². The molecule has 0 saturated heterocycles. The highest BCUT2D eigenvalue weighted by atomic mass is 79.9. The van der Waals surface area contributed by atoms with Gasteiger partial charge in [-0.05, 0) is 47.3 Å². The minimum absolute atomic E-state index is 0.685. The third-order valence-electron chi connectivity index (χ3n) is 3.09. The van der Waals surface area contributed by atoms with Gasteiger partial charge in [0.15, 0.2) is 0 Å². The molecule has 1 aromatic heterocycles. The average Bonchev–Trinajstić information content (AvgIpc) is 2.89. The van der Waals surface area contributed by atoms with E-state index in [0.29, 0.717) is 5.69 Å². The Balaban J connectivity index is 2.23. The molecule has 3 rings (SSSR count). The lowest BCUT2D eigenvalue weighted by Gasteiger charge is -2.06. The number of nitriles is 1. The highest BCUT2D eigenvalue weighted by Crippen LogP contribution is 2.28. The second kappa shape index (κ2) is 4.01. The predicted octanol–water partition coefficient (Wildman–Crippen LogP) is 3.00. The van der Waals surface area contributed by atoms with Crippen molar-refractivity contribution in [2.24, 2.45) is 0 Å². The summed E-state index contributed by atoms with van der Waals surface area (Å²) in [7, 11) is 0. The van der Waals surface area contributed by atoms with Crippen molar-refractivity contribution in [1.82, 2.24) is 9.78 Å². The van der Waals surface area contributed by atoms with E-state index in [1.807, 2.05) is 24.3 Å². The van der Waals surface area contributed by atoms with Gasteiger partial charge in [0.05, 0.1) is 11.4 Å². The second-order valence-electron chi connectivity index (χ2n) is 4.10. The van der Waals surface area contributed by atoms with Crippen LogP contribution in [0.15, 0.2) is 28.7 Å². The number of aromatic nitrogens is 2. The van der Waals surface area contributed by atoms with E-state index < -0.39 is 0 Å². The maximum absolute atomic E-state index is 9.30. The predicted molar refractivity (Wildman–Crippen MR) is 68.0 cm³/mol. The van der Waals surface area contributed by atoms with Crippen molar-refractivity contribution in [2.75, 3.05) is 0 Å². The Kier molecular flexibility index (Phi) is 2.49. The smallest absolute Gasteiger partial charge is 0.147 e. The summed E-state index contributed by atoms with van der Waals surface area (Å²) in [6.07, 6.45) is 3.08. The molecule has 0 amide bonds. The average molecular weight is 288 g/mol. The number of aryl methyl sites for hydroxylation is 1. The maximum atomic E-state index is 9.30. The topological polar surface area (TPSA) is 41.6 Å². The van der Waals surface area contributed by atoms with Gasteiger partial charge in [-0.2, -0.15) is 10.4 Å². The number of hydrogen-bond donors (Lipinski definition) is 0. The van der Waals surface area contributed by atoms with Gasteiger partial charge < -0.3 is 0 Å². The van der Waals surface area contributed by atoms with Crippen LogP contribution < -0.4 is 0 Å². The van der Waals surface area contributed by atoms with Crippen molar-refractivity contribution < 1.29 is 0 Å². The van der Waals surface area contributed by atoms with Crippen LogP contribution in [0.5, 0.6) is 0 Å². The Hall–Kier alpha value is -1.60. The third-order valence-corrected chi connectivity index (χ3v) is 3.76. The molecule has 1 heterocycles. The lowest BCUT2D eigenvalue weighted by Crippen LogP contribution is -2.02. The van der Waals surface area contributed by atoms with E-state index >= 15 is 0 Å². The zero-order valence-electron chi connectivity index (χ0n) is 9.15. The number of para-hydroxylation sites is 1. The fourth-order valence-electron chi connectivity index (χ4n) is 2.30. The number of halogens is 1. The first-order valence-corrected chi connectivity index (χ1v) is 6.36.